The summed E-state index contributed by atoms with van der Waals surface area (Å²) in [7, 11) is 0. The van der Waals surface area contributed by atoms with Crippen molar-refractivity contribution in [2.45, 2.75) is 6.92 Å². The summed E-state index contributed by atoms with van der Waals surface area (Å²) in [4.78, 5) is 11.3. The molecule has 0 aliphatic carbocycles. The first-order valence-electron chi connectivity index (χ1n) is 5.56. The van der Waals surface area contributed by atoms with Crippen LogP contribution in [-0.2, 0) is 4.79 Å². The molecule has 0 fully saturated rings. The van der Waals surface area contributed by atoms with Gasteiger partial charge in [-0.2, -0.15) is 0 Å². The summed E-state index contributed by atoms with van der Waals surface area (Å²) in [5.74, 6) is 0.708. The second-order valence-corrected chi connectivity index (χ2v) is 3.37. The van der Waals surface area contributed by atoms with E-state index in [-0.39, 0.29) is 5.91 Å². The van der Waals surface area contributed by atoms with Crippen LogP contribution in [0.4, 0.5) is 0 Å². The summed E-state index contributed by atoms with van der Waals surface area (Å²) < 4.78 is 5.33. The first kappa shape index (κ1) is 13.0. The van der Waals surface area contributed by atoms with Crippen LogP contribution in [0.1, 0.15) is 12.5 Å². The van der Waals surface area contributed by atoms with Crippen molar-refractivity contribution in [1.82, 2.24) is 5.32 Å². The summed E-state index contributed by atoms with van der Waals surface area (Å²) in [5.41, 5.74) is 0.960. The van der Waals surface area contributed by atoms with E-state index in [4.69, 9.17) is 4.74 Å². The molecule has 0 aromatic heterocycles. The van der Waals surface area contributed by atoms with E-state index in [0.29, 0.717) is 13.2 Å². The maximum absolute atomic E-state index is 11.3. The lowest BCUT2D eigenvalue weighted by Crippen LogP contribution is -2.20. The fourth-order valence-electron chi connectivity index (χ4n) is 1.25. The Morgan fingerprint density at radius 1 is 1.41 bits per heavy atom. The third-order valence-electron chi connectivity index (χ3n) is 2.04. The first-order valence-corrected chi connectivity index (χ1v) is 5.56. The molecule has 1 rings (SSSR count). The minimum Gasteiger partial charge on any atom is -0.494 e. The van der Waals surface area contributed by atoms with Gasteiger partial charge in [-0.15, -0.1) is 6.58 Å². The van der Waals surface area contributed by atoms with Crippen LogP contribution < -0.4 is 10.1 Å². The Labute approximate surface area is 102 Å². The van der Waals surface area contributed by atoms with E-state index in [0.717, 1.165) is 11.3 Å². The molecule has 1 N–H and O–H groups in total. The minimum absolute atomic E-state index is 0.126. The fourth-order valence-corrected chi connectivity index (χ4v) is 1.25. The number of nitrogens with one attached hydrogen (secondary N) is 1. The molecular formula is C14H17NO2. The van der Waals surface area contributed by atoms with Crippen molar-refractivity contribution in [3.63, 3.8) is 0 Å². The van der Waals surface area contributed by atoms with Gasteiger partial charge in [0.25, 0.3) is 0 Å². The number of benzene rings is 1. The molecule has 0 saturated heterocycles. The maximum atomic E-state index is 11.3. The molecule has 3 nitrogen and oxygen atoms in total. The van der Waals surface area contributed by atoms with Crippen molar-refractivity contribution in [2.75, 3.05) is 13.2 Å². The molecule has 1 aromatic rings. The van der Waals surface area contributed by atoms with Crippen LogP contribution in [0.3, 0.4) is 0 Å². The molecule has 0 atom stereocenters. The lowest BCUT2D eigenvalue weighted by atomic mass is 10.2. The largest absolute Gasteiger partial charge is 0.494 e. The number of hydrogen-bond acceptors (Lipinski definition) is 2. The third-order valence-corrected chi connectivity index (χ3v) is 2.04. The van der Waals surface area contributed by atoms with Crippen LogP contribution in [0.25, 0.3) is 6.08 Å². The van der Waals surface area contributed by atoms with Crippen molar-refractivity contribution >= 4 is 12.0 Å². The lowest BCUT2D eigenvalue weighted by molar-refractivity contribution is -0.116. The maximum Gasteiger partial charge on any atom is 0.244 e. The molecule has 0 bridgehead atoms. The Bertz CT molecular complexity index is 393. The number of hydrogen-bond donors (Lipinski definition) is 1. The molecule has 1 aromatic carbocycles. The number of rotatable bonds is 6. The molecule has 0 unspecified atom stereocenters. The van der Waals surface area contributed by atoms with Crippen molar-refractivity contribution in [2.24, 2.45) is 0 Å². The van der Waals surface area contributed by atoms with E-state index < -0.39 is 0 Å². The molecular weight excluding hydrogens is 214 g/mol. The van der Waals surface area contributed by atoms with Crippen LogP contribution in [0.15, 0.2) is 43.0 Å². The zero-order valence-electron chi connectivity index (χ0n) is 9.98. The van der Waals surface area contributed by atoms with E-state index in [2.05, 4.69) is 11.9 Å². The first-order chi connectivity index (χ1) is 8.26. The van der Waals surface area contributed by atoms with Gasteiger partial charge in [0.1, 0.15) is 5.75 Å². The Morgan fingerprint density at radius 2 is 2.12 bits per heavy atom. The van der Waals surface area contributed by atoms with Crippen molar-refractivity contribution in [3.8, 4) is 5.75 Å². The predicted octanol–water partition coefficient (Wildman–Crippen LogP) is 2.40. The zero-order valence-corrected chi connectivity index (χ0v) is 9.98. The van der Waals surface area contributed by atoms with Gasteiger partial charge < -0.3 is 10.1 Å². The molecule has 0 saturated carbocycles. The second-order valence-electron chi connectivity index (χ2n) is 3.37. The van der Waals surface area contributed by atoms with Crippen molar-refractivity contribution in [3.05, 3.63) is 48.6 Å². The Kier molecular flexibility index (Phi) is 5.58. The SMILES string of the molecule is C=CCNC(=O)/C=C/c1ccc(OCC)cc1. The van der Waals surface area contributed by atoms with E-state index >= 15 is 0 Å². The molecule has 1 amide bonds. The highest BCUT2D eigenvalue weighted by Crippen LogP contribution is 2.12. The highest BCUT2D eigenvalue weighted by Gasteiger charge is 1.94. The lowest BCUT2D eigenvalue weighted by Gasteiger charge is -2.02. The highest BCUT2D eigenvalue weighted by molar-refractivity contribution is 5.91. The molecule has 0 heterocycles. The minimum atomic E-state index is -0.126. The van der Waals surface area contributed by atoms with Crippen molar-refractivity contribution < 1.29 is 9.53 Å². The summed E-state index contributed by atoms with van der Waals surface area (Å²) in [6.45, 7) is 6.60. The topological polar surface area (TPSA) is 38.3 Å². The van der Waals surface area contributed by atoms with Gasteiger partial charge in [-0.1, -0.05) is 18.2 Å². The average Bonchev–Trinajstić information content (AvgIpc) is 2.36. The van der Waals surface area contributed by atoms with Crippen molar-refractivity contribution in [1.29, 1.82) is 0 Å². The summed E-state index contributed by atoms with van der Waals surface area (Å²) in [6, 6.07) is 7.57. The summed E-state index contributed by atoms with van der Waals surface area (Å²) >= 11 is 0. The van der Waals surface area contributed by atoms with Gasteiger partial charge in [0.05, 0.1) is 6.61 Å². The van der Waals surface area contributed by atoms with Crippen LogP contribution in [-0.4, -0.2) is 19.1 Å². The summed E-state index contributed by atoms with van der Waals surface area (Å²) in [6.07, 6.45) is 4.90. The monoisotopic (exact) mass is 231 g/mol. The molecule has 0 spiro atoms. The van der Waals surface area contributed by atoms with Crippen LogP contribution in [0.2, 0.25) is 0 Å². The van der Waals surface area contributed by atoms with E-state index in [1.165, 1.54) is 6.08 Å². The van der Waals surface area contributed by atoms with Crippen LogP contribution >= 0.6 is 0 Å². The van der Waals surface area contributed by atoms with Gasteiger partial charge >= 0.3 is 0 Å². The molecule has 0 radical (unpaired) electrons. The molecule has 17 heavy (non-hydrogen) atoms. The second kappa shape index (κ2) is 7.28. The molecule has 3 heteroatoms. The Balaban J connectivity index is 2.53. The molecule has 0 aliphatic heterocycles. The van der Waals surface area contributed by atoms with Gasteiger partial charge in [0.2, 0.25) is 5.91 Å². The predicted molar refractivity (Wildman–Crippen MR) is 69.9 cm³/mol. The highest BCUT2D eigenvalue weighted by atomic mass is 16.5. The number of carbonyl (C=O) groups excluding carboxylic acids is 1. The third kappa shape index (κ3) is 5.02. The quantitative estimate of drug-likeness (QED) is 0.603. The number of amides is 1. The van der Waals surface area contributed by atoms with Gasteiger partial charge in [-0.3, -0.25) is 4.79 Å². The standard InChI is InChI=1S/C14H17NO2/c1-3-11-15-14(16)10-7-12-5-8-13(9-6-12)17-4-2/h3,5-10H,1,4,11H2,2H3,(H,15,16)/b10-7+. The molecule has 90 valence electrons. The number of ether oxygens (including phenoxy) is 1. The summed E-state index contributed by atoms with van der Waals surface area (Å²) in [5, 5.41) is 2.67. The van der Waals surface area contributed by atoms with E-state index in [1.54, 1.807) is 12.2 Å². The Hall–Kier alpha value is -2.03. The van der Waals surface area contributed by atoms with E-state index in [9.17, 15) is 4.79 Å². The van der Waals surface area contributed by atoms with Gasteiger partial charge in [0.15, 0.2) is 0 Å². The Morgan fingerprint density at radius 3 is 2.71 bits per heavy atom. The van der Waals surface area contributed by atoms with Crippen LogP contribution in [0, 0.1) is 0 Å². The average molecular weight is 231 g/mol. The van der Waals surface area contributed by atoms with Crippen LogP contribution in [0.5, 0.6) is 5.75 Å². The smallest absolute Gasteiger partial charge is 0.244 e. The zero-order chi connectivity index (χ0) is 12.5. The van der Waals surface area contributed by atoms with Gasteiger partial charge in [0, 0.05) is 12.6 Å². The fraction of sp³-hybridized carbons (Fsp3) is 0.214. The normalized spacial score (nSPS) is 10.2. The number of carbonyl (C=O) groups is 1. The molecule has 0 aliphatic rings. The van der Waals surface area contributed by atoms with E-state index in [1.807, 2.05) is 31.2 Å². The van der Waals surface area contributed by atoms with Gasteiger partial charge in [-0.05, 0) is 30.7 Å². The van der Waals surface area contributed by atoms with Gasteiger partial charge in [-0.25, -0.2) is 0 Å².